The summed E-state index contributed by atoms with van der Waals surface area (Å²) in [4.78, 5) is 35.8. The van der Waals surface area contributed by atoms with Gasteiger partial charge in [-0.15, -0.1) is 0 Å². The van der Waals surface area contributed by atoms with E-state index in [4.69, 9.17) is 4.84 Å². The van der Waals surface area contributed by atoms with Gasteiger partial charge in [0.2, 0.25) is 0 Å². The van der Waals surface area contributed by atoms with Crippen molar-refractivity contribution in [1.82, 2.24) is 15.4 Å². The number of rotatable bonds is 5. The number of hydrogen-bond donors (Lipinski definition) is 1. The molecule has 0 aliphatic rings. The van der Waals surface area contributed by atoms with E-state index in [9.17, 15) is 9.59 Å². The first kappa shape index (κ1) is 20.5. The number of aromatic nitrogens is 1. The van der Waals surface area contributed by atoms with Crippen molar-refractivity contribution < 1.29 is 14.4 Å². The number of hydrogen-bond acceptors (Lipinski definition) is 4. The molecule has 7 heteroatoms. The van der Waals surface area contributed by atoms with E-state index in [1.165, 1.54) is 4.90 Å². The minimum Gasteiger partial charge on any atom is -0.321 e. The molecular formula is C22H20BrN3O3. The average molecular weight is 454 g/mol. The Hall–Kier alpha value is -3.19. The molecule has 2 aromatic carbocycles. The van der Waals surface area contributed by atoms with Gasteiger partial charge in [0.1, 0.15) is 0 Å². The van der Waals surface area contributed by atoms with E-state index < -0.39 is 12.0 Å². The number of nitrogens with zero attached hydrogens (tertiary/aromatic N) is 2. The molecule has 0 aliphatic carbocycles. The number of carbonyl (C=O) groups is 2. The van der Waals surface area contributed by atoms with Crippen molar-refractivity contribution in [2.24, 2.45) is 0 Å². The Morgan fingerprint density at radius 3 is 2.45 bits per heavy atom. The lowest BCUT2D eigenvalue weighted by Crippen LogP contribution is -2.37. The minimum absolute atomic E-state index is 0.299. The molecule has 0 atom stereocenters. The van der Waals surface area contributed by atoms with Crippen molar-refractivity contribution in [1.29, 1.82) is 0 Å². The number of amides is 2. The zero-order valence-electron chi connectivity index (χ0n) is 15.8. The van der Waals surface area contributed by atoms with Crippen LogP contribution in [0, 0.1) is 6.92 Å². The third-order valence-corrected chi connectivity index (χ3v) is 5.17. The first-order chi connectivity index (χ1) is 14.0. The van der Waals surface area contributed by atoms with Crippen LogP contribution in [0.2, 0.25) is 0 Å². The van der Waals surface area contributed by atoms with E-state index in [1.54, 1.807) is 30.6 Å². The predicted octanol–water partition coefficient (Wildman–Crippen LogP) is 4.64. The molecule has 1 heterocycles. The van der Waals surface area contributed by atoms with Crippen LogP contribution in [-0.2, 0) is 17.9 Å². The number of carbonyl (C=O) groups excluding carboxylic acids is 2. The Morgan fingerprint density at radius 1 is 1.00 bits per heavy atom. The van der Waals surface area contributed by atoms with E-state index in [0.29, 0.717) is 18.7 Å². The van der Waals surface area contributed by atoms with Gasteiger partial charge in [-0.2, -0.15) is 5.48 Å². The lowest BCUT2D eigenvalue weighted by molar-refractivity contribution is 0.0396. The quantitative estimate of drug-likeness (QED) is 0.571. The maximum absolute atomic E-state index is 12.7. The molecular weight excluding hydrogens is 434 g/mol. The zero-order chi connectivity index (χ0) is 20.6. The number of pyridine rings is 1. The topological polar surface area (TPSA) is 71.5 Å². The highest BCUT2D eigenvalue weighted by molar-refractivity contribution is 9.10. The largest absolute Gasteiger partial charge is 0.434 e. The molecule has 0 saturated carbocycles. The van der Waals surface area contributed by atoms with Gasteiger partial charge in [0.05, 0.1) is 6.54 Å². The smallest absolute Gasteiger partial charge is 0.321 e. The molecule has 3 aromatic rings. The predicted molar refractivity (Wildman–Crippen MR) is 113 cm³/mol. The maximum atomic E-state index is 12.7. The fraction of sp³-hybridized carbons (Fsp3) is 0.136. The summed E-state index contributed by atoms with van der Waals surface area (Å²) in [7, 11) is 0. The SMILES string of the molecule is Cc1c(Br)cccc1C(=O)NOC(=O)N(Cc1ccccc1)Cc1cccnc1. The Balaban J connectivity index is 1.70. The Morgan fingerprint density at radius 2 is 1.72 bits per heavy atom. The summed E-state index contributed by atoms with van der Waals surface area (Å²) in [5, 5.41) is 0. The first-order valence-corrected chi connectivity index (χ1v) is 9.78. The molecule has 148 valence electrons. The fourth-order valence-electron chi connectivity index (χ4n) is 2.76. The maximum Gasteiger partial charge on any atom is 0.434 e. The molecule has 0 bridgehead atoms. The summed E-state index contributed by atoms with van der Waals surface area (Å²) >= 11 is 3.39. The summed E-state index contributed by atoms with van der Waals surface area (Å²) in [6.45, 7) is 2.44. The zero-order valence-corrected chi connectivity index (χ0v) is 17.4. The summed E-state index contributed by atoms with van der Waals surface area (Å²) in [6.07, 6.45) is 2.71. The lowest BCUT2D eigenvalue weighted by atomic mass is 10.1. The van der Waals surface area contributed by atoms with E-state index in [0.717, 1.165) is 21.2 Å². The fourth-order valence-corrected chi connectivity index (χ4v) is 3.13. The van der Waals surface area contributed by atoms with Crippen molar-refractivity contribution in [3.05, 3.63) is 99.8 Å². The van der Waals surface area contributed by atoms with Gasteiger partial charge in [-0.05, 0) is 41.8 Å². The van der Waals surface area contributed by atoms with Crippen LogP contribution < -0.4 is 5.48 Å². The van der Waals surface area contributed by atoms with Crippen LogP contribution in [0.1, 0.15) is 27.0 Å². The van der Waals surface area contributed by atoms with Gasteiger partial charge in [-0.1, -0.05) is 58.4 Å². The van der Waals surface area contributed by atoms with Gasteiger partial charge in [-0.25, -0.2) is 4.79 Å². The third-order valence-electron chi connectivity index (χ3n) is 4.31. The van der Waals surface area contributed by atoms with Crippen LogP contribution in [0.4, 0.5) is 4.79 Å². The monoisotopic (exact) mass is 453 g/mol. The molecule has 0 unspecified atom stereocenters. The van der Waals surface area contributed by atoms with Gasteiger partial charge in [-0.3, -0.25) is 14.7 Å². The van der Waals surface area contributed by atoms with Gasteiger partial charge in [0.15, 0.2) is 0 Å². The van der Waals surface area contributed by atoms with Crippen molar-refractivity contribution in [2.75, 3.05) is 0 Å². The number of halogens is 1. The van der Waals surface area contributed by atoms with Gasteiger partial charge in [0, 0.05) is 29.0 Å². The second-order valence-electron chi connectivity index (χ2n) is 6.41. The van der Waals surface area contributed by atoms with Crippen molar-refractivity contribution in [2.45, 2.75) is 20.0 Å². The lowest BCUT2D eigenvalue weighted by Gasteiger charge is -2.22. The minimum atomic E-state index is -0.654. The highest BCUT2D eigenvalue weighted by Crippen LogP contribution is 2.19. The van der Waals surface area contributed by atoms with E-state index in [1.807, 2.05) is 49.4 Å². The normalized spacial score (nSPS) is 10.3. The molecule has 0 spiro atoms. The second kappa shape index (κ2) is 9.84. The van der Waals surface area contributed by atoms with Gasteiger partial charge in [0.25, 0.3) is 5.91 Å². The molecule has 3 rings (SSSR count). The van der Waals surface area contributed by atoms with Crippen molar-refractivity contribution >= 4 is 27.9 Å². The molecule has 1 aromatic heterocycles. The van der Waals surface area contributed by atoms with Gasteiger partial charge < -0.3 is 4.84 Å². The summed E-state index contributed by atoms with van der Waals surface area (Å²) in [6, 6.07) is 18.5. The van der Waals surface area contributed by atoms with Crippen LogP contribution in [0.25, 0.3) is 0 Å². The third kappa shape index (κ3) is 5.65. The molecule has 0 radical (unpaired) electrons. The standard InChI is InChI=1S/C22H20BrN3O3/c1-16-19(10-5-11-20(16)23)21(27)25-29-22(28)26(14-17-7-3-2-4-8-17)15-18-9-6-12-24-13-18/h2-13H,14-15H2,1H3,(H,25,27). The van der Waals surface area contributed by atoms with E-state index >= 15 is 0 Å². The van der Waals surface area contributed by atoms with E-state index in [2.05, 4.69) is 26.4 Å². The Kier molecular flexibility index (Phi) is 6.97. The Bertz CT molecular complexity index is 940. The van der Waals surface area contributed by atoms with Crippen LogP contribution >= 0.6 is 15.9 Å². The number of benzene rings is 2. The van der Waals surface area contributed by atoms with E-state index in [-0.39, 0.29) is 0 Å². The van der Waals surface area contributed by atoms with Crippen molar-refractivity contribution in [3.8, 4) is 0 Å². The first-order valence-electron chi connectivity index (χ1n) is 8.98. The molecule has 6 nitrogen and oxygen atoms in total. The summed E-state index contributed by atoms with van der Waals surface area (Å²) in [5.41, 5.74) is 5.24. The van der Waals surface area contributed by atoms with Gasteiger partial charge >= 0.3 is 6.09 Å². The second-order valence-corrected chi connectivity index (χ2v) is 7.27. The van der Waals surface area contributed by atoms with Crippen LogP contribution in [0.15, 0.2) is 77.5 Å². The van der Waals surface area contributed by atoms with Crippen LogP contribution in [-0.4, -0.2) is 21.9 Å². The summed E-state index contributed by atoms with van der Waals surface area (Å²) < 4.78 is 0.804. The van der Waals surface area contributed by atoms with Crippen molar-refractivity contribution in [3.63, 3.8) is 0 Å². The average Bonchev–Trinajstić information content (AvgIpc) is 2.75. The molecule has 1 N–H and O–H groups in total. The molecule has 0 fully saturated rings. The molecule has 29 heavy (non-hydrogen) atoms. The van der Waals surface area contributed by atoms with Crippen LogP contribution in [0.5, 0.6) is 0 Å². The highest BCUT2D eigenvalue weighted by Gasteiger charge is 2.19. The Labute approximate surface area is 177 Å². The molecule has 0 saturated heterocycles. The van der Waals surface area contributed by atoms with Crippen LogP contribution in [0.3, 0.4) is 0 Å². The summed E-state index contributed by atoms with van der Waals surface area (Å²) in [5.74, 6) is -0.488. The molecule has 0 aliphatic heterocycles. The number of hydroxylamine groups is 1. The number of nitrogens with one attached hydrogen (secondary N) is 1. The molecule has 2 amide bonds. The highest BCUT2D eigenvalue weighted by atomic mass is 79.9.